The number of rotatable bonds is 4. The van der Waals surface area contributed by atoms with Gasteiger partial charge in [0.1, 0.15) is 12.4 Å². The SMILES string of the molecule is Fc1ccc(N2CC[NH+](Cc3cn[nH]c3-c3ccccc3)CC2)cc1. The summed E-state index contributed by atoms with van der Waals surface area (Å²) in [5.41, 5.74) is 4.67. The highest BCUT2D eigenvalue weighted by Gasteiger charge is 2.22. The third-order valence-corrected chi connectivity index (χ3v) is 4.88. The van der Waals surface area contributed by atoms with Crippen LogP contribution in [0.5, 0.6) is 0 Å². The number of nitrogens with zero attached hydrogens (tertiary/aromatic N) is 2. The van der Waals surface area contributed by atoms with E-state index in [0.717, 1.165) is 44.1 Å². The van der Waals surface area contributed by atoms with Crippen molar-refractivity contribution in [1.82, 2.24) is 10.2 Å². The fourth-order valence-corrected chi connectivity index (χ4v) is 3.48. The van der Waals surface area contributed by atoms with Gasteiger partial charge in [0.2, 0.25) is 0 Å². The second-order valence-electron chi connectivity index (χ2n) is 6.53. The minimum Gasteiger partial charge on any atom is -0.360 e. The number of nitrogens with one attached hydrogen (secondary N) is 2. The Morgan fingerprint density at radius 1 is 1.00 bits per heavy atom. The number of quaternary nitrogens is 1. The van der Waals surface area contributed by atoms with E-state index in [-0.39, 0.29) is 5.82 Å². The Bertz CT molecular complexity index is 805. The summed E-state index contributed by atoms with van der Waals surface area (Å²) in [4.78, 5) is 3.88. The van der Waals surface area contributed by atoms with Gasteiger partial charge in [0, 0.05) is 11.3 Å². The van der Waals surface area contributed by atoms with Crippen molar-refractivity contribution in [2.24, 2.45) is 0 Å². The van der Waals surface area contributed by atoms with E-state index in [4.69, 9.17) is 0 Å². The van der Waals surface area contributed by atoms with Gasteiger partial charge in [-0.1, -0.05) is 30.3 Å². The molecule has 4 nitrogen and oxygen atoms in total. The van der Waals surface area contributed by atoms with Gasteiger partial charge in [0.25, 0.3) is 0 Å². The number of benzene rings is 2. The second-order valence-corrected chi connectivity index (χ2v) is 6.53. The average molecular weight is 337 g/mol. The van der Waals surface area contributed by atoms with Gasteiger partial charge in [-0.25, -0.2) is 4.39 Å². The first kappa shape index (κ1) is 15.8. The van der Waals surface area contributed by atoms with E-state index in [0.29, 0.717) is 0 Å². The zero-order valence-electron chi connectivity index (χ0n) is 14.1. The van der Waals surface area contributed by atoms with Crippen LogP contribution in [-0.2, 0) is 6.54 Å². The highest BCUT2D eigenvalue weighted by molar-refractivity contribution is 5.62. The molecule has 0 spiro atoms. The van der Waals surface area contributed by atoms with Crippen LogP contribution in [0.4, 0.5) is 10.1 Å². The Morgan fingerprint density at radius 3 is 2.44 bits per heavy atom. The summed E-state index contributed by atoms with van der Waals surface area (Å²) in [6.07, 6.45) is 1.95. The maximum Gasteiger partial charge on any atom is 0.123 e. The fraction of sp³-hybridized carbons (Fsp3) is 0.250. The van der Waals surface area contributed by atoms with Crippen LogP contribution in [0, 0.1) is 5.82 Å². The van der Waals surface area contributed by atoms with E-state index in [1.165, 1.54) is 23.3 Å². The predicted molar refractivity (Wildman–Crippen MR) is 97.0 cm³/mol. The molecule has 1 aromatic heterocycles. The van der Waals surface area contributed by atoms with Gasteiger partial charge in [0.15, 0.2) is 0 Å². The van der Waals surface area contributed by atoms with Gasteiger partial charge in [-0.05, 0) is 24.3 Å². The maximum absolute atomic E-state index is 13.1. The van der Waals surface area contributed by atoms with E-state index in [9.17, 15) is 4.39 Å². The van der Waals surface area contributed by atoms with Crippen molar-refractivity contribution in [2.45, 2.75) is 6.54 Å². The molecule has 0 atom stereocenters. The van der Waals surface area contributed by atoms with Crippen molar-refractivity contribution in [1.29, 1.82) is 0 Å². The molecule has 1 aliphatic heterocycles. The van der Waals surface area contributed by atoms with Crippen molar-refractivity contribution >= 4 is 5.69 Å². The first-order valence-electron chi connectivity index (χ1n) is 8.71. The summed E-state index contributed by atoms with van der Waals surface area (Å²) >= 11 is 0. The molecule has 0 amide bonds. The smallest absolute Gasteiger partial charge is 0.123 e. The standard InChI is InChI=1S/C20H21FN4/c21-18-6-8-19(9-7-18)25-12-10-24(11-13-25)15-17-14-22-23-20(17)16-4-2-1-3-5-16/h1-9,14H,10-13,15H2,(H,22,23)/p+1. The summed E-state index contributed by atoms with van der Waals surface area (Å²) in [7, 11) is 0. The molecular weight excluding hydrogens is 315 g/mol. The highest BCUT2D eigenvalue weighted by atomic mass is 19.1. The van der Waals surface area contributed by atoms with Crippen molar-refractivity contribution in [3.8, 4) is 11.3 Å². The number of piperazine rings is 1. The molecule has 4 rings (SSSR count). The first-order chi connectivity index (χ1) is 12.3. The summed E-state index contributed by atoms with van der Waals surface area (Å²) in [5, 5.41) is 7.39. The minimum absolute atomic E-state index is 0.179. The molecule has 0 saturated carbocycles. The summed E-state index contributed by atoms with van der Waals surface area (Å²) in [6, 6.07) is 17.1. The highest BCUT2D eigenvalue weighted by Crippen LogP contribution is 2.20. The Morgan fingerprint density at radius 2 is 1.72 bits per heavy atom. The fourth-order valence-electron chi connectivity index (χ4n) is 3.48. The monoisotopic (exact) mass is 337 g/mol. The van der Waals surface area contributed by atoms with E-state index in [1.54, 1.807) is 4.90 Å². The van der Waals surface area contributed by atoms with Gasteiger partial charge in [-0.3, -0.25) is 5.10 Å². The van der Waals surface area contributed by atoms with Crippen LogP contribution in [0.15, 0.2) is 60.8 Å². The van der Waals surface area contributed by atoms with Crippen LogP contribution in [0.25, 0.3) is 11.3 Å². The lowest BCUT2D eigenvalue weighted by molar-refractivity contribution is -0.914. The van der Waals surface area contributed by atoms with E-state index in [2.05, 4.69) is 27.2 Å². The van der Waals surface area contributed by atoms with E-state index in [1.807, 2.05) is 36.5 Å². The minimum atomic E-state index is -0.179. The third kappa shape index (κ3) is 3.56. The summed E-state index contributed by atoms with van der Waals surface area (Å²) in [5.74, 6) is -0.179. The van der Waals surface area contributed by atoms with E-state index >= 15 is 0 Å². The lowest BCUT2D eigenvalue weighted by Crippen LogP contribution is -3.13. The number of aromatic amines is 1. The van der Waals surface area contributed by atoms with Crippen LogP contribution >= 0.6 is 0 Å². The van der Waals surface area contributed by atoms with Gasteiger partial charge in [-0.2, -0.15) is 5.10 Å². The third-order valence-electron chi connectivity index (χ3n) is 4.88. The average Bonchev–Trinajstić information content (AvgIpc) is 3.12. The number of H-pyrrole nitrogens is 1. The van der Waals surface area contributed by atoms with Crippen molar-refractivity contribution in [3.63, 3.8) is 0 Å². The number of hydrogen-bond donors (Lipinski definition) is 2. The Labute approximate surface area is 146 Å². The molecule has 2 aromatic carbocycles. The number of anilines is 1. The van der Waals surface area contributed by atoms with Crippen LogP contribution in [-0.4, -0.2) is 36.4 Å². The number of halogens is 1. The van der Waals surface area contributed by atoms with Crippen LogP contribution in [0.3, 0.4) is 0 Å². The molecule has 3 aromatic rings. The van der Waals surface area contributed by atoms with Crippen molar-refractivity contribution < 1.29 is 9.29 Å². The lowest BCUT2D eigenvalue weighted by atomic mass is 10.1. The van der Waals surface area contributed by atoms with Gasteiger partial charge in [-0.15, -0.1) is 0 Å². The largest absolute Gasteiger partial charge is 0.360 e. The van der Waals surface area contributed by atoms with Gasteiger partial charge in [0.05, 0.1) is 43.6 Å². The summed E-state index contributed by atoms with van der Waals surface area (Å²) in [6.45, 7) is 5.07. The molecule has 2 heterocycles. The van der Waals surface area contributed by atoms with Crippen LogP contribution < -0.4 is 9.80 Å². The molecule has 1 aliphatic rings. The number of aromatic nitrogens is 2. The molecule has 0 aliphatic carbocycles. The molecule has 0 unspecified atom stereocenters. The van der Waals surface area contributed by atoms with Crippen LogP contribution in [0.2, 0.25) is 0 Å². The first-order valence-corrected chi connectivity index (χ1v) is 8.71. The second kappa shape index (κ2) is 7.07. The maximum atomic E-state index is 13.1. The van der Waals surface area contributed by atoms with Crippen molar-refractivity contribution in [2.75, 3.05) is 31.1 Å². The normalized spacial score (nSPS) is 15.5. The molecule has 2 N–H and O–H groups in total. The Hall–Kier alpha value is -2.66. The molecule has 25 heavy (non-hydrogen) atoms. The quantitative estimate of drug-likeness (QED) is 0.765. The Kier molecular flexibility index (Phi) is 4.48. The molecule has 1 saturated heterocycles. The zero-order chi connectivity index (χ0) is 17.1. The van der Waals surface area contributed by atoms with Crippen molar-refractivity contribution in [3.05, 3.63) is 72.2 Å². The lowest BCUT2D eigenvalue weighted by Gasteiger charge is -2.33. The molecule has 128 valence electrons. The topological polar surface area (TPSA) is 36.4 Å². The summed E-state index contributed by atoms with van der Waals surface area (Å²) < 4.78 is 13.1. The molecule has 5 heteroatoms. The van der Waals surface area contributed by atoms with Gasteiger partial charge >= 0.3 is 0 Å². The molecular formula is C20H22FN4+. The van der Waals surface area contributed by atoms with E-state index < -0.39 is 0 Å². The molecule has 0 bridgehead atoms. The predicted octanol–water partition coefficient (Wildman–Crippen LogP) is 2.12. The molecule has 1 fully saturated rings. The van der Waals surface area contributed by atoms with Crippen LogP contribution in [0.1, 0.15) is 5.56 Å². The number of hydrogen-bond acceptors (Lipinski definition) is 2. The van der Waals surface area contributed by atoms with Gasteiger partial charge < -0.3 is 9.80 Å². The Balaban J connectivity index is 1.40. The zero-order valence-corrected chi connectivity index (χ0v) is 14.1. The molecule has 0 radical (unpaired) electrons.